The van der Waals surface area contributed by atoms with Gasteiger partial charge in [0.1, 0.15) is 29.8 Å². The number of hydrogen-bond donors (Lipinski definition) is 3. The summed E-state index contributed by atoms with van der Waals surface area (Å²) in [7, 11) is 0. The lowest BCUT2D eigenvalue weighted by Gasteiger charge is -2.20. The van der Waals surface area contributed by atoms with Crippen LogP contribution in [0.1, 0.15) is 30.6 Å². The lowest BCUT2D eigenvalue weighted by molar-refractivity contribution is -0.118. The Morgan fingerprint density at radius 3 is 2.66 bits per heavy atom. The number of anilines is 1. The van der Waals surface area contributed by atoms with Crippen molar-refractivity contribution in [1.82, 2.24) is 0 Å². The summed E-state index contributed by atoms with van der Waals surface area (Å²) in [4.78, 5) is 19.5. The molecule has 32 heavy (non-hydrogen) atoms. The molecule has 172 valence electrons. The molecule has 7 nitrogen and oxygen atoms in total. The summed E-state index contributed by atoms with van der Waals surface area (Å²) in [5.41, 5.74) is 2.16. The predicted octanol–water partition coefficient (Wildman–Crippen LogP) is 3.33. The number of nitrogens with zero attached hydrogens (tertiary/aromatic N) is 2. The zero-order valence-corrected chi connectivity index (χ0v) is 19.5. The van der Waals surface area contributed by atoms with E-state index in [-0.39, 0.29) is 17.5 Å². The number of aliphatic hydroxyl groups is 3. The summed E-state index contributed by atoms with van der Waals surface area (Å²) in [6.45, 7) is 3.99. The molecule has 1 saturated heterocycles. The molecule has 1 heterocycles. The number of carbonyl (C=O) groups excluding carboxylic acids is 1. The number of benzene rings is 2. The largest absolute Gasteiger partial charge is 0.489 e. The number of ether oxygens (including phenoxy) is 1. The zero-order chi connectivity index (χ0) is 23.3. The lowest BCUT2D eigenvalue weighted by atomic mass is 10.0. The van der Waals surface area contributed by atoms with Crippen molar-refractivity contribution in [3.05, 3.63) is 58.6 Å². The van der Waals surface area contributed by atoms with E-state index in [0.29, 0.717) is 23.0 Å². The van der Waals surface area contributed by atoms with E-state index in [0.717, 1.165) is 17.7 Å². The van der Waals surface area contributed by atoms with Crippen LogP contribution in [0.3, 0.4) is 0 Å². The Bertz CT molecular complexity index is 987. The minimum atomic E-state index is -1.11. The summed E-state index contributed by atoms with van der Waals surface area (Å²) >= 11 is 7.52. The highest BCUT2D eigenvalue weighted by Crippen LogP contribution is 2.40. The Morgan fingerprint density at radius 2 is 2.00 bits per heavy atom. The SMILES string of the molecule is CCC/N=C1/SC(C(O)c2ccc(OC[C@H](O)CO)c(Cl)c2)C(=O)N1c1ccccc1C. The molecule has 1 fully saturated rings. The van der Waals surface area contributed by atoms with Crippen LogP contribution in [-0.2, 0) is 4.79 Å². The molecule has 0 bridgehead atoms. The highest BCUT2D eigenvalue weighted by atomic mass is 35.5. The number of rotatable bonds is 9. The van der Waals surface area contributed by atoms with Crippen molar-refractivity contribution in [2.24, 2.45) is 4.99 Å². The predicted molar refractivity (Wildman–Crippen MR) is 128 cm³/mol. The second kappa shape index (κ2) is 11.2. The number of aliphatic imine (C=N–C) groups is 1. The number of carbonyl (C=O) groups is 1. The standard InChI is InChI=1S/C23H27ClN2O5S/c1-3-10-25-23-26(18-7-5-4-6-14(18)2)22(30)21(32-23)20(29)15-8-9-19(17(24)11-15)31-13-16(28)12-27/h4-9,11,16,20-21,27-29H,3,10,12-13H2,1-2H3/b25-23+/t16-,20?,21?/m1/s1. The molecular weight excluding hydrogens is 452 g/mol. The van der Waals surface area contributed by atoms with Crippen LogP contribution in [0.4, 0.5) is 5.69 Å². The number of amidine groups is 1. The average Bonchev–Trinajstić information content (AvgIpc) is 3.12. The van der Waals surface area contributed by atoms with Gasteiger partial charge in [0.25, 0.3) is 0 Å². The van der Waals surface area contributed by atoms with Gasteiger partial charge in [-0.2, -0.15) is 0 Å². The number of hydrogen-bond acceptors (Lipinski definition) is 7. The van der Waals surface area contributed by atoms with Crippen molar-refractivity contribution in [2.45, 2.75) is 37.7 Å². The molecule has 1 aliphatic heterocycles. The van der Waals surface area contributed by atoms with Crippen molar-refractivity contribution >= 4 is 40.1 Å². The van der Waals surface area contributed by atoms with Crippen molar-refractivity contribution in [2.75, 3.05) is 24.7 Å². The molecule has 2 unspecified atom stereocenters. The summed E-state index contributed by atoms with van der Waals surface area (Å²) in [5.74, 6) is 0.0708. The summed E-state index contributed by atoms with van der Waals surface area (Å²) in [5, 5.41) is 29.4. The first-order valence-corrected chi connectivity index (χ1v) is 11.6. The van der Waals surface area contributed by atoms with E-state index in [1.165, 1.54) is 11.8 Å². The minimum Gasteiger partial charge on any atom is -0.489 e. The second-order valence-electron chi connectivity index (χ2n) is 7.44. The second-order valence-corrected chi connectivity index (χ2v) is 8.96. The van der Waals surface area contributed by atoms with Gasteiger partial charge in [-0.1, -0.05) is 54.6 Å². The minimum absolute atomic E-state index is 0.113. The van der Waals surface area contributed by atoms with Gasteiger partial charge in [0.15, 0.2) is 5.17 Å². The van der Waals surface area contributed by atoms with Gasteiger partial charge < -0.3 is 20.1 Å². The molecule has 9 heteroatoms. The fourth-order valence-corrected chi connectivity index (χ4v) is 4.64. The van der Waals surface area contributed by atoms with Crippen LogP contribution in [0.25, 0.3) is 0 Å². The summed E-state index contributed by atoms with van der Waals surface area (Å²) in [6.07, 6.45) is -1.28. The Balaban J connectivity index is 1.85. The Labute approximate surface area is 196 Å². The highest BCUT2D eigenvalue weighted by Gasteiger charge is 2.43. The van der Waals surface area contributed by atoms with Gasteiger partial charge in [-0.25, -0.2) is 0 Å². The molecular formula is C23H27ClN2O5S. The zero-order valence-electron chi connectivity index (χ0n) is 17.9. The molecule has 3 rings (SSSR count). The molecule has 3 atom stereocenters. The summed E-state index contributed by atoms with van der Waals surface area (Å²) < 4.78 is 5.40. The van der Waals surface area contributed by atoms with E-state index in [1.54, 1.807) is 23.1 Å². The topological polar surface area (TPSA) is 103 Å². The van der Waals surface area contributed by atoms with Gasteiger partial charge in [-0.15, -0.1) is 0 Å². The van der Waals surface area contributed by atoms with E-state index >= 15 is 0 Å². The molecule has 0 aliphatic carbocycles. The van der Waals surface area contributed by atoms with Crippen LogP contribution in [0, 0.1) is 6.92 Å². The molecule has 2 aromatic carbocycles. The van der Waals surface area contributed by atoms with Crippen LogP contribution in [0.2, 0.25) is 5.02 Å². The van der Waals surface area contributed by atoms with Crippen LogP contribution in [0.15, 0.2) is 47.5 Å². The molecule has 0 saturated carbocycles. The quantitative estimate of drug-likeness (QED) is 0.511. The Morgan fingerprint density at radius 1 is 1.25 bits per heavy atom. The molecule has 1 aliphatic rings. The van der Waals surface area contributed by atoms with Crippen LogP contribution < -0.4 is 9.64 Å². The monoisotopic (exact) mass is 478 g/mol. The fourth-order valence-electron chi connectivity index (χ4n) is 3.22. The van der Waals surface area contributed by atoms with Gasteiger partial charge in [0, 0.05) is 6.54 Å². The molecule has 1 amide bonds. The van der Waals surface area contributed by atoms with Crippen LogP contribution >= 0.6 is 23.4 Å². The third-order valence-electron chi connectivity index (χ3n) is 4.94. The maximum atomic E-state index is 13.4. The van der Waals surface area contributed by atoms with Gasteiger partial charge >= 0.3 is 0 Å². The van der Waals surface area contributed by atoms with Crippen molar-refractivity contribution in [3.63, 3.8) is 0 Å². The van der Waals surface area contributed by atoms with Crippen molar-refractivity contribution < 1.29 is 24.9 Å². The number of aliphatic hydroxyl groups excluding tert-OH is 3. The number of thioether (sulfide) groups is 1. The van der Waals surface area contributed by atoms with Gasteiger partial charge in [-0.3, -0.25) is 14.7 Å². The maximum Gasteiger partial charge on any atom is 0.249 e. The normalized spacial score (nSPS) is 19.4. The van der Waals surface area contributed by atoms with E-state index in [9.17, 15) is 15.0 Å². The third kappa shape index (κ3) is 5.44. The van der Waals surface area contributed by atoms with Crippen molar-refractivity contribution in [1.29, 1.82) is 0 Å². The first-order chi connectivity index (χ1) is 15.4. The lowest BCUT2D eigenvalue weighted by Crippen LogP contribution is -2.34. The van der Waals surface area contributed by atoms with E-state index in [2.05, 4.69) is 4.99 Å². The third-order valence-corrected chi connectivity index (χ3v) is 6.47. The van der Waals surface area contributed by atoms with Crippen molar-refractivity contribution in [3.8, 4) is 5.75 Å². The molecule has 2 aromatic rings. The molecule has 3 N–H and O–H groups in total. The van der Waals surface area contributed by atoms with Gasteiger partial charge in [-0.05, 0) is 42.7 Å². The van der Waals surface area contributed by atoms with Gasteiger partial charge in [0.2, 0.25) is 5.91 Å². The first kappa shape index (κ1) is 24.5. The molecule has 0 aromatic heterocycles. The Kier molecular flexibility index (Phi) is 8.56. The van der Waals surface area contributed by atoms with Crippen LogP contribution in [0.5, 0.6) is 5.75 Å². The maximum absolute atomic E-state index is 13.4. The average molecular weight is 479 g/mol. The fraction of sp³-hybridized carbons (Fsp3) is 0.391. The number of aryl methyl sites for hydroxylation is 1. The highest BCUT2D eigenvalue weighted by molar-refractivity contribution is 8.16. The van der Waals surface area contributed by atoms with E-state index < -0.39 is 24.1 Å². The first-order valence-electron chi connectivity index (χ1n) is 10.4. The summed E-state index contributed by atoms with van der Waals surface area (Å²) in [6, 6.07) is 12.3. The molecule has 0 spiro atoms. The number of amides is 1. The number of halogens is 1. The van der Waals surface area contributed by atoms with Crippen LogP contribution in [-0.4, -0.2) is 57.5 Å². The Hall–Kier alpha value is -2.10. The molecule has 0 radical (unpaired) electrons. The van der Waals surface area contributed by atoms with Gasteiger partial charge in [0.05, 0.1) is 17.3 Å². The van der Waals surface area contributed by atoms with E-state index in [4.69, 9.17) is 21.4 Å². The van der Waals surface area contributed by atoms with E-state index in [1.807, 2.05) is 38.1 Å². The smallest absolute Gasteiger partial charge is 0.249 e. The number of para-hydroxylation sites is 1.